The van der Waals surface area contributed by atoms with Crippen LogP contribution in [0.1, 0.15) is 36.5 Å². The van der Waals surface area contributed by atoms with Crippen LogP contribution in [0.5, 0.6) is 0 Å². The van der Waals surface area contributed by atoms with Gasteiger partial charge in [-0.2, -0.15) is 0 Å². The van der Waals surface area contributed by atoms with E-state index >= 15 is 0 Å². The number of carboxylic acid groups (broad SMARTS) is 1. The van der Waals surface area contributed by atoms with E-state index in [1.54, 1.807) is 24.3 Å². The fourth-order valence-electron chi connectivity index (χ4n) is 3.45. The fraction of sp³-hybridized carbons (Fsp3) is 0.421. The molecular weight excluding hydrogens is 366 g/mol. The van der Waals surface area contributed by atoms with Gasteiger partial charge in [0.05, 0.1) is 12.2 Å². The molecule has 0 aromatic heterocycles. The first-order chi connectivity index (χ1) is 13.3. The third-order valence-corrected chi connectivity index (χ3v) is 4.99. The van der Waals surface area contributed by atoms with Crippen LogP contribution in [0.3, 0.4) is 0 Å². The van der Waals surface area contributed by atoms with Crippen molar-refractivity contribution < 1.29 is 29.1 Å². The fourth-order valence-corrected chi connectivity index (χ4v) is 3.45. The molecule has 9 heteroatoms. The van der Waals surface area contributed by atoms with Gasteiger partial charge in [-0.05, 0) is 37.6 Å². The third-order valence-electron chi connectivity index (χ3n) is 4.99. The highest BCUT2D eigenvalue weighted by Crippen LogP contribution is 2.28. The van der Waals surface area contributed by atoms with Crippen molar-refractivity contribution in [3.8, 4) is 0 Å². The quantitative estimate of drug-likeness (QED) is 0.578. The second-order valence-electron chi connectivity index (χ2n) is 6.86. The first-order valence-electron chi connectivity index (χ1n) is 9.04. The number of amides is 4. The van der Waals surface area contributed by atoms with Crippen molar-refractivity contribution in [2.24, 2.45) is 0 Å². The van der Waals surface area contributed by atoms with Crippen molar-refractivity contribution in [3.05, 3.63) is 29.8 Å². The smallest absolute Gasteiger partial charge is 0.332 e. The second-order valence-corrected chi connectivity index (χ2v) is 6.86. The van der Waals surface area contributed by atoms with Crippen LogP contribution in [0.4, 0.5) is 10.5 Å². The molecule has 2 heterocycles. The Morgan fingerprint density at radius 3 is 2.36 bits per heavy atom. The molecular formula is C19H21N3O6. The van der Waals surface area contributed by atoms with Crippen LogP contribution in [-0.2, 0) is 14.4 Å². The van der Waals surface area contributed by atoms with Gasteiger partial charge in [-0.3, -0.25) is 19.2 Å². The summed E-state index contributed by atoms with van der Waals surface area (Å²) in [5.41, 5.74) is 0.868. The Morgan fingerprint density at radius 2 is 1.75 bits per heavy atom. The standard InChI is InChI=1S/C19H21N3O6/c1-12(23)13-5-7-14(8-6-13)22-18(27)15-11-20(9-10-21(15)19(22)28)16(24)3-2-4-17(25)26/h5-8,15H,2-4,9-11H2,1H3,(H,25,26)/t15-/m0/s1. The minimum atomic E-state index is -0.958. The number of aliphatic carboxylic acids is 1. The first kappa shape index (κ1) is 19.5. The lowest BCUT2D eigenvalue weighted by molar-refractivity contribution is -0.137. The van der Waals surface area contributed by atoms with Gasteiger partial charge in [0.15, 0.2) is 5.78 Å². The molecule has 4 amide bonds. The Kier molecular flexibility index (Phi) is 5.43. The Labute approximate surface area is 161 Å². The van der Waals surface area contributed by atoms with Crippen molar-refractivity contribution in [2.45, 2.75) is 32.2 Å². The van der Waals surface area contributed by atoms with Crippen LogP contribution in [0.25, 0.3) is 0 Å². The molecule has 2 fully saturated rings. The Balaban J connectivity index is 1.69. The molecule has 2 aliphatic rings. The number of carbonyl (C=O) groups is 5. The van der Waals surface area contributed by atoms with E-state index in [-0.39, 0.29) is 44.0 Å². The number of ketones is 1. The molecule has 1 atom stereocenters. The van der Waals surface area contributed by atoms with Gasteiger partial charge in [0.2, 0.25) is 5.91 Å². The molecule has 0 saturated carbocycles. The van der Waals surface area contributed by atoms with Gasteiger partial charge in [-0.25, -0.2) is 9.69 Å². The van der Waals surface area contributed by atoms with Crippen molar-refractivity contribution in [1.82, 2.24) is 9.80 Å². The van der Waals surface area contributed by atoms with Gasteiger partial charge in [-0.1, -0.05) is 0 Å². The summed E-state index contributed by atoms with van der Waals surface area (Å²) in [6.45, 7) is 2.07. The van der Waals surface area contributed by atoms with Gasteiger partial charge in [0, 0.05) is 31.5 Å². The number of carbonyl (C=O) groups excluding carboxylic acids is 4. The summed E-state index contributed by atoms with van der Waals surface area (Å²) in [4.78, 5) is 63.8. The Hall–Kier alpha value is -3.23. The van der Waals surface area contributed by atoms with Crippen LogP contribution in [0.15, 0.2) is 24.3 Å². The third kappa shape index (κ3) is 3.73. The lowest BCUT2D eigenvalue weighted by atomic mass is 10.1. The molecule has 9 nitrogen and oxygen atoms in total. The van der Waals surface area contributed by atoms with Gasteiger partial charge in [0.1, 0.15) is 6.04 Å². The van der Waals surface area contributed by atoms with E-state index in [2.05, 4.69) is 0 Å². The number of imide groups is 1. The number of nitrogens with zero attached hydrogens (tertiary/aromatic N) is 3. The lowest BCUT2D eigenvalue weighted by Gasteiger charge is -2.35. The normalized spacial score (nSPS) is 19.0. The average Bonchev–Trinajstić information content (AvgIpc) is 2.91. The van der Waals surface area contributed by atoms with Crippen LogP contribution >= 0.6 is 0 Å². The molecule has 2 aliphatic heterocycles. The number of hydrogen-bond acceptors (Lipinski definition) is 5. The number of Topliss-reactive ketones (excluding diaryl/α,β-unsaturated/α-hetero) is 1. The molecule has 148 valence electrons. The minimum Gasteiger partial charge on any atom is -0.481 e. The minimum absolute atomic E-state index is 0.0867. The number of piperazine rings is 1. The summed E-state index contributed by atoms with van der Waals surface area (Å²) < 4.78 is 0. The summed E-state index contributed by atoms with van der Waals surface area (Å²) in [7, 11) is 0. The molecule has 28 heavy (non-hydrogen) atoms. The van der Waals surface area contributed by atoms with Crippen molar-refractivity contribution in [1.29, 1.82) is 0 Å². The molecule has 2 saturated heterocycles. The van der Waals surface area contributed by atoms with Crippen LogP contribution < -0.4 is 4.90 Å². The van der Waals surface area contributed by atoms with Crippen molar-refractivity contribution in [2.75, 3.05) is 24.5 Å². The first-order valence-corrected chi connectivity index (χ1v) is 9.04. The van der Waals surface area contributed by atoms with E-state index in [1.807, 2.05) is 0 Å². The number of hydrogen-bond donors (Lipinski definition) is 1. The molecule has 3 rings (SSSR count). The maximum absolute atomic E-state index is 12.8. The number of rotatable bonds is 6. The highest BCUT2D eigenvalue weighted by atomic mass is 16.4. The zero-order valence-electron chi connectivity index (χ0n) is 15.5. The van der Waals surface area contributed by atoms with Crippen LogP contribution in [0, 0.1) is 0 Å². The zero-order chi connectivity index (χ0) is 20.4. The van der Waals surface area contributed by atoms with E-state index in [4.69, 9.17) is 5.11 Å². The molecule has 0 spiro atoms. The summed E-state index contributed by atoms with van der Waals surface area (Å²) in [5, 5.41) is 8.67. The second kappa shape index (κ2) is 7.79. The number of benzene rings is 1. The van der Waals surface area contributed by atoms with E-state index in [0.717, 1.165) is 4.90 Å². The van der Waals surface area contributed by atoms with E-state index < -0.39 is 23.9 Å². The molecule has 1 aromatic rings. The molecule has 1 N–H and O–H groups in total. The number of anilines is 1. The van der Waals surface area contributed by atoms with Crippen LogP contribution in [-0.4, -0.2) is 70.2 Å². The number of carboxylic acids is 1. The van der Waals surface area contributed by atoms with Crippen LogP contribution in [0.2, 0.25) is 0 Å². The number of urea groups is 1. The highest BCUT2D eigenvalue weighted by molar-refractivity contribution is 6.21. The topological polar surface area (TPSA) is 115 Å². The van der Waals surface area contributed by atoms with Gasteiger partial charge < -0.3 is 14.9 Å². The predicted octanol–water partition coefficient (Wildman–Crippen LogP) is 1.12. The molecule has 0 radical (unpaired) electrons. The van der Waals surface area contributed by atoms with Gasteiger partial charge in [0.25, 0.3) is 5.91 Å². The highest BCUT2D eigenvalue weighted by Gasteiger charge is 2.48. The summed E-state index contributed by atoms with van der Waals surface area (Å²) in [6, 6.07) is 5.04. The van der Waals surface area contributed by atoms with Crippen molar-refractivity contribution in [3.63, 3.8) is 0 Å². The summed E-state index contributed by atoms with van der Waals surface area (Å²) in [5.74, 6) is -1.70. The molecule has 1 aromatic carbocycles. The van der Waals surface area contributed by atoms with Gasteiger partial charge >= 0.3 is 12.0 Å². The van der Waals surface area contributed by atoms with E-state index in [0.29, 0.717) is 17.8 Å². The molecule has 0 bridgehead atoms. The maximum Gasteiger partial charge on any atom is 0.332 e. The van der Waals surface area contributed by atoms with Crippen molar-refractivity contribution >= 4 is 35.3 Å². The predicted molar refractivity (Wildman–Crippen MR) is 97.9 cm³/mol. The maximum atomic E-state index is 12.8. The van der Waals surface area contributed by atoms with Gasteiger partial charge in [-0.15, -0.1) is 0 Å². The monoisotopic (exact) mass is 387 g/mol. The SMILES string of the molecule is CC(=O)c1ccc(N2C(=O)[C@@H]3CN(C(=O)CCCC(=O)O)CCN3C2=O)cc1. The summed E-state index contributed by atoms with van der Waals surface area (Å²) in [6.07, 6.45) is 0.245. The Bertz CT molecular complexity index is 835. The van der Waals surface area contributed by atoms with E-state index in [9.17, 15) is 24.0 Å². The van der Waals surface area contributed by atoms with E-state index in [1.165, 1.54) is 16.7 Å². The lowest BCUT2D eigenvalue weighted by Crippen LogP contribution is -2.54. The number of fused-ring (bicyclic) bond motifs is 1. The largest absolute Gasteiger partial charge is 0.481 e. The average molecular weight is 387 g/mol. The molecule has 0 aliphatic carbocycles. The Morgan fingerprint density at radius 1 is 1.07 bits per heavy atom. The zero-order valence-corrected chi connectivity index (χ0v) is 15.5. The summed E-state index contributed by atoms with van der Waals surface area (Å²) >= 11 is 0. The molecule has 0 unspecified atom stereocenters.